The Kier molecular flexibility index (Phi) is 7.61. The third kappa shape index (κ3) is 5.49. The molecule has 1 aromatic rings. The van der Waals surface area contributed by atoms with Crippen LogP contribution < -0.4 is 10.6 Å². The van der Waals surface area contributed by atoms with Crippen LogP contribution in [0.1, 0.15) is 132 Å². The van der Waals surface area contributed by atoms with Crippen LogP contribution in [0.4, 0.5) is 0 Å². The van der Waals surface area contributed by atoms with Crippen LogP contribution in [-0.2, 0) is 9.59 Å². The summed E-state index contributed by atoms with van der Waals surface area (Å²) in [6.45, 7) is 7.31. The Morgan fingerprint density at radius 3 is 2.30 bits per heavy atom. The molecule has 1 aromatic carbocycles. The molecule has 2 aliphatic heterocycles. The van der Waals surface area contributed by atoms with Crippen LogP contribution in [-0.4, -0.2) is 39.6 Å². The molecule has 6 nitrogen and oxygen atoms in total. The van der Waals surface area contributed by atoms with Crippen molar-refractivity contribution in [2.24, 2.45) is 16.7 Å². The second kappa shape index (κ2) is 10.8. The molecule has 4 unspecified atom stereocenters. The van der Waals surface area contributed by atoms with Gasteiger partial charge in [-0.05, 0) is 73.3 Å². The van der Waals surface area contributed by atoms with E-state index in [1.165, 1.54) is 70.6 Å². The van der Waals surface area contributed by atoms with E-state index in [0.717, 1.165) is 23.5 Å². The van der Waals surface area contributed by atoms with E-state index >= 15 is 0 Å². The van der Waals surface area contributed by atoms with E-state index in [0.29, 0.717) is 10.8 Å². The maximum absolute atomic E-state index is 13.8. The van der Waals surface area contributed by atoms with Gasteiger partial charge in [-0.3, -0.25) is 25.0 Å². The minimum atomic E-state index is -0.402. The fourth-order valence-electron chi connectivity index (χ4n) is 9.97. The van der Waals surface area contributed by atoms with Crippen LogP contribution in [0.3, 0.4) is 0 Å². The van der Waals surface area contributed by atoms with Gasteiger partial charge in [-0.2, -0.15) is 0 Å². The van der Waals surface area contributed by atoms with Crippen molar-refractivity contribution in [2.45, 2.75) is 133 Å². The van der Waals surface area contributed by atoms with Crippen LogP contribution in [0.2, 0.25) is 0 Å². The molecule has 40 heavy (non-hydrogen) atoms. The third-order valence-corrected chi connectivity index (χ3v) is 11.8. The Balaban J connectivity index is 1.28. The highest BCUT2D eigenvalue weighted by Crippen LogP contribution is 2.66. The lowest BCUT2D eigenvalue weighted by Crippen LogP contribution is -2.65. The number of thioether (sulfide) groups is 1. The minimum Gasteiger partial charge on any atom is -0.318 e. The quantitative estimate of drug-likeness (QED) is 0.177. The fourth-order valence-corrected chi connectivity index (χ4v) is 11.6. The van der Waals surface area contributed by atoms with Crippen molar-refractivity contribution < 1.29 is 14.4 Å². The molecule has 7 rings (SSSR count). The summed E-state index contributed by atoms with van der Waals surface area (Å²) in [4.78, 5) is 40.4. The van der Waals surface area contributed by atoms with E-state index in [4.69, 9.17) is 0 Å². The fraction of sp³-hybridized carbons (Fsp3) is 0.727. The number of nitrogens with zero attached hydrogens (tertiary/aromatic N) is 1. The highest BCUT2D eigenvalue weighted by Gasteiger charge is 2.60. The zero-order chi connectivity index (χ0) is 28.1. The molecule has 0 aromatic heterocycles. The van der Waals surface area contributed by atoms with Gasteiger partial charge in [0.05, 0.1) is 11.4 Å². The Hall–Kier alpha value is -1.86. The Morgan fingerprint density at radius 2 is 1.62 bits per heavy atom. The molecule has 0 spiro atoms. The summed E-state index contributed by atoms with van der Waals surface area (Å²) in [7, 11) is 0. The van der Waals surface area contributed by atoms with E-state index in [1.807, 2.05) is 34.9 Å². The number of unbranched alkanes of at least 4 members (excludes halogenated alkanes) is 4. The number of carbonyl (C=O) groups is 3. The van der Waals surface area contributed by atoms with Gasteiger partial charge < -0.3 is 4.90 Å². The number of carbonyl (C=O) groups excluding carboxylic acids is 3. The summed E-state index contributed by atoms with van der Waals surface area (Å²) < 4.78 is 0. The first-order chi connectivity index (χ1) is 19.1. The van der Waals surface area contributed by atoms with Crippen LogP contribution >= 0.6 is 11.8 Å². The molecule has 4 saturated carbocycles. The first-order valence-electron chi connectivity index (χ1n) is 15.8. The van der Waals surface area contributed by atoms with Gasteiger partial charge in [-0.25, -0.2) is 0 Å². The largest absolute Gasteiger partial charge is 0.318 e. The molecule has 4 bridgehead atoms. The van der Waals surface area contributed by atoms with Crippen molar-refractivity contribution >= 4 is 29.5 Å². The Labute approximate surface area is 244 Å². The van der Waals surface area contributed by atoms with Crippen LogP contribution in [0.5, 0.6) is 0 Å². The highest BCUT2D eigenvalue weighted by molar-refractivity contribution is 8.00. The van der Waals surface area contributed by atoms with Crippen LogP contribution in [0.25, 0.3) is 0 Å². The minimum absolute atomic E-state index is 0.0443. The summed E-state index contributed by atoms with van der Waals surface area (Å²) in [6.07, 6.45) is 15.5. The van der Waals surface area contributed by atoms with Crippen LogP contribution in [0, 0.1) is 16.7 Å². The number of hydrogen-bond donors (Lipinski definition) is 2. The monoisotopic (exact) mass is 565 g/mol. The predicted octanol–water partition coefficient (Wildman–Crippen LogP) is 6.70. The number of hydrogen-bond acceptors (Lipinski definition) is 5. The molecule has 2 N–H and O–H groups in total. The predicted molar refractivity (Wildman–Crippen MR) is 160 cm³/mol. The molecule has 0 radical (unpaired) electrons. The number of nitrogens with one attached hydrogen (secondary N) is 2. The molecule has 218 valence electrons. The molecular formula is C33H47N3O3S. The average molecular weight is 566 g/mol. The van der Waals surface area contributed by atoms with Gasteiger partial charge in [-0.15, -0.1) is 11.8 Å². The number of imide groups is 1. The summed E-state index contributed by atoms with van der Waals surface area (Å²) in [6, 6.07) is 7.50. The second-order valence-electron chi connectivity index (χ2n) is 14.6. The van der Waals surface area contributed by atoms with Crippen molar-refractivity contribution in [3.8, 4) is 0 Å². The average Bonchev–Trinajstić information content (AvgIpc) is 3.12. The maximum Gasteiger partial charge on any atom is 0.255 e. The highest BCUT2D eigenvalue weighted by atomic mass is 32.2. The standard InChI is InChI=1S/C33H47N3O3S/c1-4-5-6-7-8-13-28(35-33-18-22-16-31(2,20-33)19-32(3,17-22)21-33)40-30-25-12-10-9-11-24(25)29(39)36(30)23-14-26(37)34-27(38)15-23/h9-12,22-23,28,30,35H,4-8,13-21H2,1-3H3,(H,34,37,38). The zero-order valence-electron chi connectivity index (χ0n) is 24.6. The lowest BCUT2D eigenvalue weighted by Gasteiger charge is -2.66. The summed E-state index contributed by atoms with van der Waals surface area (Å²) in [5.74, 6) is 0.201. The normalized spacial score (nSPS) is 35.8. The van der Waals surface area contributed by atoms with Gasteiger partial charge in [0.15, 0.2) is 0 Å². The first-order valence-corrected chi connectivity index (χ1v) is 16.7. The number of benzene rings is 1. The van der Waals surface area contributed by atoms with Gasteiger partial charge in [-0.1, -0.05) is 71.1 Å². The Bertz CT molecular complexity index is 1140. The maximum atomic E-state index is 13.8. The van der Waals surface area contributed by atoms with Gasteiger partial charge in [0.1, 0.15) is 5.37 Å². The Morgan fingerprint density at radius 1 is 0.950 bits per heavy atom. The van der Waals surface area contributed by atoms with Crippen LogP contribution in [0.15, 0.2) is 24.3 Å². The molecule has 7 heteroatoms. The van der Waals surface area contributed by atoms with E-state index < -0.39 is 6.04 Å². The lowest BCUT2D eigenvalue weighted by molar-refractivity contribution is -0.135. The van der Waals surface area contributed by atoms with Crippen molar-refractivity contribution in [3.63, 3.8) is 0 Å². The van der Waals surface area contributed by atoms with E-state index in [2.05, 4.69) is 37.5 Å². The van der Waals surface area contributed by atoms with Crippen molar-refractivity contribution in [2.75, 3.05) is 0 Å². The van der Waals surface area contributed by atoms with Crippen molar-refractivity contribution in [1.82, 2.24) is 15.5 Å². The summed E-state index contributed by atoms with van der Waals surface area (Å²) in [5.41, 5.74) is 2.76. The van der Waals surface area contributed by atoms with E-state index in [1.54, 1.807) is 0 Å². The first kappa shape index (κ1) is 28.3. The molecule has 6 aliphatic rings. The molecule has 1 saturated heterocycles. The number of piperidine rings is 1. The van der Waals surface area contributed by atoms with E-state index in [-0.39, 0.29) is 46.8 Å². The molecular weight excluding hydrogens is 518 g/mol. The number of fused-ring (bicyclic) bond motifs is 1. The lowest BCUT2D eigenvalue weighted by atomic mass is 9.43. The SMILES string of the molecule is CCCCCCCC(NC12CC3CC(C)(CC(C)(C3)C1)C2)SC1c2ccccc2C(=O)N1C1CC(=O)NC(=O)C1. The van der Waals surface area contributed by atoms with Gasteiger partial charge in [0.2, 0.25) is 11.8 Å². The second-order valence-corrected chi connectivity index (χ2v) is 15.9. The van der Waals surface area contributed by atoms with E-state index in [9.17, 15) is 14.4 Å². The third-order valence-electron chi connectivity index (χ3n) is 10.4. The number of amides is 3. The summed E-state index contributed by atoms with van der Waals surface area (Å²) in [5, 5.41) is 6.74. The summed E-state index contributed by atoms with van der Waals surface area (Å²) >= 11 is 1.86. The molecule has 2 heterocycles. The molecule has 3 amide bonds. The topological polar surface area (TPSA) is 78.5 Å². The molecule has 5 fully saturated rings. The zero-order valence-corrected chi connectivity index (χ0v) is 25.4. The number of rotatable bonds is 11. The van der Waals surface area contributed by atoms with Gasteiger partial charge in [0.25, 0.3) is 5.91 Å². The van der Waals surface area contributed by atoms with Gasteiger partial charge >= 0.3 is 0 Å². The molecule has 4 atom stereocenters. The van der Waals surface area contributed by atoms with Gasteiger partial charge in [0, 0.05) is 23.9 Å². The van der Waals surface area contributed by atoms with Crippen molar-refractivity contribution in [1.29, 1.82) is 0 Å². The van der Waals surface area contributed by atoms with Crippen molar-refractivity contribution in [3.05, 3.63) is 35.4 Å². The molecule has 4 aliphatic carbocycles. The smallest absolute Gasteiger partial charge is 0.255 e.